The molecule has 5 rings (SSSR count). The van der Waals surface area contributed by atoms with Crippen molar-refractivity contribution in [1.82, 2.24) is 4.90 Å². The van der Waals surface area contributed by atoms with Crippen LogP contribution in [0.2, 0.25) is 0 Å². The highest BCUT2D eigenvalue weighted by Gasteiger charge is 2.30. The normalized spacial score (nSPS) is 17.2. The molecule has 2 aliphatic heterocycles. The zero-order chi connectivity index (χ0) is 19.8. The van der Waals surface area contributed by atoms with Crippen molar-refractivity contribution in [3.05, 3.63) is 71.8 Å². The Morgan fingerprint density at radius 1 is 0.828 bits per heavy atom. The molecule has 148 valence electrons. The second-order valence-electron chi connectivity index (χ2n) is 7.98. The fourth-order valence-corrected chi connectivity index (χ4v) is 4.83. The number of benzene rings is 3. The van der Waals surface area contributed by atoms with Crippen molar-refractivity contribution in [3.63, 3.8) is 0 Å². The van der Waals surface area contributed by atoms with Crippen molar-refractivity contribution in [3.8, 4) is 0 Å². The zero-order valence-corrected chi connectivity index (χ0v) is 17.0. The number of amides is 1. The van der Waals surface area contributed by atoms with E-state index < -0.39 is 0 Å². The predicted molar refractivity (Wildman–Crippen MR) is 120 cm³/mol. The fraction of sp³-hybridized carbons (Fsp3) is 0.320. The van der Waals surface area contributed by atoms with Crippen LogP contribution in [0.4, 0.5) is 11.4 Å². The molecule has 2 heterocycles. The van der Waals surface area contributed by atoms with Crippen molar-refractivity contribution < 1.29 is 4.79 Å². The first kappa shape index (κ1) is 18.2. The summed E-state index contributed by atoms with van der Waals surface area (Å²) < 4.78 is 0. The maximum atomic E-state index is 12.8. The molecule has 0 aromatic heterocycles. The highest BCUT2D eigenvalue weighted by atomic mass is 16.2. The largest absolute Gasteiger partial charge is 0.370 e. The van der Waals surface area contributed by atoms with Gasteiger partial charge in [0.25, 0.3) is 5.91 Å². The van der Waals surface area contributed by atoms with Crippen LogP contribution in [-0.2, 0) is 6.54 Å². The zero-order valence-electron chi connectivity index (χ0n) is 17.0. The van der Waals surface area contributed by atoms with Gasteiger partial charge < -0.3 is 9.80 Å². The first-order chi connectivity index (χ1) is 14.3. The van der Waals surface area contributed by atoms with E-state index in [9.17, 15) is 4.79 Å². The Labute approximate surface area is 172 Å². The van der Waals surface area contributed by atoms with E-state index in [4.69, 9.17) is 0 Å². The molecule has 0 bridgehead atoms. The molecule has 4 heteroatoms. The highest BCUT2D eigenvalue weighted by Crippen LogP contribution is 2.41. The van der Waals surface area contributed by atoms with E-state index in [1.54, 1.807) is 0 Å². The van der Waals surface area contributed by atoms with Crippen LogP contribution in [0.5, 0.6) is 0 Å². The lowest BCUT2D eigenvalue weighted by atomic mass is 10.0. The first-order valence-electron chi connectivity index (χ1n) is 10.6. The Kier molecular flexibility index (Phi) is 4.72. The van der Waals surface area contributed by atoms with Gasteiger partial charge in [-0.3, -0.25) is 9.69 Å². The van der Waals surface area contributed by atoms with Gasteiger partial charge in [0, 0.05) is 61.3 Å². The van der Waals surface area contributed by atoms with Gasteiger partial charge in [-0.05, 0) is 37.1 Å². The van der Waals surface area contributed by atoms with Crippen LogP contribution in [0, 0.1) is 0 Å². The summed E-state index contributed by atoms with van der Waals surface area (Å²) in [4.78, 5) is 19.7. The SMILES string of the molecule is CCN1C(=O)c2cccc3c(N4CCCN(Cc5ccccc5)CC4)ccc1c23. The Bertz CT molecular complexity index is 1050. The maximum Gasteiger partial charge on any atom is 0.258 e. The van der Waals surface area contributed by atoms with Crippen LogP contribution < -0.4 is 9.80 Å². The summed E-state index contributed by atoms with van der Waals surface area (Å²) in [6.45, 7) is 8.00. The minimum atomic E-state index is 0.134. The number of rotatable bonds is 4. The van der Waals surface area contributed by atoms with Crippen molar-refractivity contribution in [2.45, 2.75) is 19.9 Å². The second kappa shape index (κ2) is 7.53. The van der Waals surface area contributed by atoms with Gasteiger partial charge in [-0.2, -0.15) is 0 Å². The van der Waals surface area contributed by atoms with Gasteiger partial charge in [-0.15, -0.1) is 0 Å². The molecule has 0 atom stereocenters. The van der Waals surface area contributed by atoms with E-state index in [1.807, 2.05) is 24.0 Å². The third-order valence-electron chi connectivity index (χ3n) is 6.26. The fourth-order valence-electron chi connectivity index (χ4n) is 4.83. The average Bonchev–Trinajstić information content (AvgIpc) is 2.89. The van der Waals surface area contributed by atoms with Gasteiger partial charge >= 0.3 is 0 Å². The molecule has 0 unspecified atom stereocenters. The molecule has 0 saturated carbocycles. The summed E-state index contributed by atoms with van der Waals surface area (Å²) >= 11 is 0. The van der Waals surface area contributed by atoms with E-state index in [0.717, 1.165) is 55.8 Å². The lowest BCUT2D eigenvalue weighted by Gasteiger charge is -2.26. The molecular weight excluding hydrogens is 358 g/mol. The Morgan fingerprint density at radius 3 is 2.48 bits per heavy atom. The molecular formula is C25H27N3O. The number of carbonyl (C=O) groups is 1. The minimum Gasteiger partial charge on any atom is -0.370 e. The highest BCUT2D eigenvalue weighted by molar-refractivity contribution is 6.26. The average molecular weight is 386 g/mol. The van der Waals surface area contributed by atoms with Gasteiger partial charge in [0.15, 0.2) is 0 Å². The molecule has 4 nitrogen and oxygen atoms in total. The molecule has 2 aliphatic rings. The molecule has 1 fully saturated rings. The third kappa shape index (κ3) is 3.18. The lowest BCUT2D eigenvalue weighted by Crippen LogP contribution is -2.30. The van der Waals surface area contributed by atoms with E-state index in [1.165, 1.54) is 16.6 Å². The molecule has 29 heavy (non-hydrogen) atoms. The summed E-state index contributed by atoms with van der Waals surface area (Å²) in [6, 6.07) is 21.3. The Balaban J connectivity index is 1.42. The van der Waals surface area contributed by atoms with Crippen LogP contribution in [0.3, 0.4) is 0 Å². The summed E-state index contributed by atoms with van der Waals surface area (Å²) in [5, 5.41) is 2.34. The summed E-state index contributed by atoms with van der Waals surface area (Å²) in [6.07, 6.45) is 1.15. The van der Waals surface area contributed by atoms with Crippen LogP contribution in [0.1, 0.15) is 29.3 Å². The molecule has 1 saturated heterocycles. The number of nitrogens with zero attached hydrogens (tertiary/aromatic N) is 3. The van der Waals surface area contributed by atoms with Crippen LogP contribution >= 0.6 is 0 Å². The second-order valence-corrected chi connectivity index (χ2v) is 7.98. The van der Waals surface area contributed by atoms with E-state index in [-0.39, 0.29) is 5.91 Å². The number of hydrogen-bond acceptors (Lipinski definition) is 3. The topological polar surface area (TPSA) is 26.8 Å². The quantitative estimate of drug-likeness (QED) is 0.660. The maximum absolute atomic E-state index is 12.8. The van der Waals surface area contributed by atoms with Crippen molar-refractivity contribution in [1.29, 1.82) is 0 Å². The van der Waals surface area contributed by atoms with Gasteiger partial charge in [0.05, 0.1) is 5.69 Å². The van der Waals surface area contributed by atoms with Gasteiger partial charge in [-0.25, -0.2) is 0 Å². The number of hydrogen-bond donors (Lipinski definition) is 0. The van der Waals surface area contributed by atoms with E-state index in [0.29, 0.717) is 6.54 Å². The number of anilines is 2. The molecule has 0 N–H and O–H groups in total. The monoisotopic (exact) mass is 385 g/mol. The molecule has 3 aromatic carbocycles. The molecule has 3 aromatic rings. The van der Waals surface area contributed by atoms with Crippen molar-refractivity contribution in [2.75, 3.05) is 42.5 Å². The van der Waals surface area contributed by atoms with Crippen molar-refractivity contribution in [2.24, 2.45) is 0 Å². The van der Waals surface area contributed by atoms with Gasteiger partial charge in [-0.1, -0.05) is 42.5 Å². The number of carbonyl (C=O) groups excluding carboxylic acids is 1. The smallest absolute Gasteiger partial charge is 0.258 e. The summed E-state index contributed by atoms with van der Waals surface area (Å²) in [7, 11) is 0. The standard InChI is InChI=1S/C25H27N3O/c1-2-28-23-13-12-22(20-10-6-11-21(24(20)23)25(28)29)27-15-7-14-26(16-17-27)18-19-8-4-3-5-9-19/h3-6,8-13H,2,7,14-18H2,1H3. The third-order valence-corrected chi connectivity index (χ3v) is 6.26. The summed E-state index contributed by atoms with van der Waals surface area (Å²) in [5.74, 6) is 0.134. The minimum absolute atomic E-state index is 0.134. The van der Waals surface area contributed by atoms with Gasteiger partial charge in [0.2, 0.25) is 0 Å². The van der Waals surface area contributed by atoms with Gasteiger partial charge in [0.1, 0.15) is 0 Å². The predicted octanol–water partition coefficient (Wildman–Crippen LogP) is 4.53. The van der Waals surface area contributed by atoms with Crippen LogP contribution in [0.25, 0.3) is 10.8 Å². The van der Waals surface area contributed by atoms with E-state index in [2.05, 4.69) is 58.3 Å². The molecule has 0 spiro atoms. The van der Waals surface area contributed by atoms with Crippen molar-refractivity contribution >= 4 is 28.1 Å². The van der Waals surface area contributed by atoms with E-state index >= 15 is 0 Å². The van der Waals surface area contributed by atoms with Crippen LogP contribution in [-0.4, -0.2) is 43.5 Å². The molecule has 0 radical (unpaired) electrons. The Hall–Kier alpha value is -2.85. The first-order valence-corrected chi connectivity index (χ1v) is 10.6. The molecule has 1 amide bonds. The van der Waals surface area contributed by atoms with Crippen LogP contribution in [0.15, 0.2) is 60.7 Å². The Morgan fingerprint density at radius 2 is 1.66 bits per heavy atom. The summed E-state index contributed by atoms with van der Waals surface area (Å²) in [5.41, 5.74) is 4.55. The lowest BCUT2D eigenvalue weighted by molar-refractivity contribution is 0.0994. The molecule has 0 aliphatic carbocycles.